The molecule has 4 aromatic rings. The van der Waals surface area contributed by atoms with Gasteiger partial charge in [0.25, 0.3) is 0 Å². The Balaban J connectivity index is 1.95. The number of sulfonamides is 1. The Morgan fingerprint density at radius 3 is 2.14 bits per heavy atom. The van der Waals surface area contributed by atoms with Gasteiger partial charge in [0, 0.05) is 20.7 Å². The van der Waals surface area contributed by atoms with E-state index in [0.717, 1.165) is 0 Å². The summed E-state index contributed by atoms with van der Waals surface area (Å²) in [5, 5.41) is 19.7. The molecule has 0 fully saturated rings. The maximum absolute atomic E-state index is 14.2. The van der Waals surface area contributed by atoms with Gasteiger partial charge in [0.1, 0.15) is 28.7 Å². The van der Waals surface area contributed by atoms with E-state index in [9.17, 15) is 17.9 Å². The van der Waals surface area contributed by atoms with Gasteiger partial charge in [-0.2, -0.15) is 0 Å². The zero-order chi connectivity index (χ0) is 31.4. The number of aliphatic hydroxyl groups excluding tert-OH is 1. The number of aliphatic hydroxyl groups is 1. The van der Waals surface area contributed by atoms with E-state index < -0.39 is 35.8 Å². The number of pyridine rings is 1. The molecule has 230 valence electrons. The lowest BCUT2D eigenvalue weighted by molar-refractivity contribution is 0.201. The van der Waals surface area contributed by atoms with E-state index in [1.165, 1.54) is 54.5 Å². The largest absolute Gasteiger partial charge is 0.494 e. The van der Waals surface area contributed by atoms with Crippen LogP contribution in [0.2, 0.25) is 25.7 Å². The molecular formula is C29H36FN5O6SSi. The summed E-state index contributed by atoms with van der Waals surface area (Å²) in [6.07, 6.45) is -1.42. The fraction of sp³-hybridized carbons (Fsp3) is 0.345. The lowest BCUT2D eigenvalue weighted by atomic mass is 10.1. The third-order valence-electron chi connectivity index (χ3n) is 6.68. The molecule has 0 aliphatic heterocycles. The summed E-state index contributed by atoms with van der Waals surface area (Å²) >= 11 is 0. The maximum Gasteiger partial charge on any atom is 0.246 e. The minimum Gasteiger partial charge on any atom is -0.494 e. The summed E-state index contributed by atoms with van der Waals surface area (Å²) in [7, 11) is -1.56. The first-order chi connectivity index (χ1) is 20.4. The van der Waals surface area contributed by atoms with Crippen molar-refractivity contribution in [1.82, 2.24) is 19.7 Å². The minimum atomic E-state index is -4.24. The Bertz CT molecular complexity index is 1640. The summed E-state index contributed by atoms with van der Waals surface area (Å²) in [5.74, 6) is 0.0830. The van der Waals surface area contributed by atoms with Crippen LogP contribution in [0.1, 0.15) is 11.7 Å². The van der Waals surface area contributed by atoms with Crippen LogP contribution in [-0.4, -0.2) is 75.0 Å². The second kappa shape index (κ2) is 13.1. The minimum absolute atomic E-state index is 0.0352. The van der Waals surface area contributed by atoms with Crippen molar-refractivity contribution in [2.24, 2.45) is 0 Å². The number of ether oxygens (including phenoxy) is 3. The fourth-order valence-corrected chi connectivity index (χ4v) is 6.95. The highest BCUT2D eigenvalue weighted by Gasteiger charge is 2.34. The van der Waals surface area contributed by atoms with E-state index in [4.69, 9.17) is 14.2 Å². The van der Waals surface area contributed by atoms with Crippen molar-refractivity contribution in [3.8, 4) is 34.6 Å². The number of hydrogen-bond acceptors (Lipinski definition) is 9. The molecule has 4 rings (SSSR count). The lowest BCUT2D eigenvalue weighted by Gasteiger charge is -2.28. The molecule has 11 nitrogen and oxygen atoms in total. The van der Waals surface area contributed by atoms with Crippen molar-refractivity contribution in [3.63, 3.8) is 0 Å². The molecule has 0 aliphatic rings. The predicted molar refractivity (Wildman–Crippen MR) is 165 cm³/mol. The van der Waals surface area contributed by atoms with Gasteiger partial charge in [-0.1, -0.05) is 43.9 Å². The smallest absolute Gasteiger partial charge is 0.246 e. The second-order valence-corrected chi connectivity index (χ2v) is 18.5. The number of anilines is 1. The third-order valence-corrected chi connectivity index (χ3v) is 10.2. The molecule has 0 amide bonds. The third kappa shape index (κ3) is 7.32. The van der Waals surface area contributed by atoms with Crippen molar-refractivity contribution in [1.29, 1.82) is 0 Å². The van der Waals surface area contributed by atoms with Gasteiger partial charge in [0.05, 0.1) is 33.2 Å². The second-order valence-electron chi connectivity index (χ2n) is 11.0. The SMILES string of the molecule is COc1cccc(-c2nnc(N(CC[Si](C)(C)C)S(=O)(=O)C[C@H](O)c3ccc(F)cc3)n2-c2c(OC)cccc2OC)n1. The van der Waals surface area contributed by atoms with Gasteiger partial charge in [-0.05, 0) is 41.9 Å². The van der Waals surface area contributed by atoms with E-state index >= 15 is 0 Å². The molecule has 0 aliphatic carbocycles. The van der Waals surface area contributed by atoms with Gasteiger partial charge in [0.15, 0.2) is 5.82 Å². The first-order valence-electron chi connectivity index (χ1n) is 13.5. The van der Waals surface area contributed by atoms with Crippen molar-refractivity contribution in [3.05, 3.63) is 72.0 Å². The summed E-state index contributed by atoms with van der Waals surface area (Å²) in [5.41, 5.74) is 0.989. The lowest BCUT2D eigenvalue weighted by Crippen LogP contribution is -2.40. The van der Waals surface area contributed by atoms with E-state index in [1.54, 1.807) is 36.4 Å². The Labute approximate surface area is 252 Å². The van der Waals surface area contributed by atoms with Crippen LogP contribution in [0, 0.1) is 5.82 Å². The Hall–Kier alpha value is -4.01. The van der Waals surface area contributed by atoms with E-state index in [0.29, 0.717) is 34.8 Å². The van der Waals surface area contributed by atoms with Gasteiger partial charge in [-0.3, -0.25) is 4.57 Å². The molecule has 2 aromatic heterocycles. The molecule has 2 aromatic carbocycles. The van der Waals surface area contributed by atoms with Gasteiger partial charge >= 0.3 is 0 Å². The number of methoxy groups -OCH3 is 3. The highest BCUT2D eigenvalue weighted by Crippen LogP contribution is 2.39. The zero-order valence-corrected chi connectivity index (χ0v) is 26.8. The molecule has 0 spiro atoms. The molecule has 0 saturated carbocycles. The molecule has 0 unspecified atom stereocenters. The summed E-state index contributed by atoms with van der Waals surface area (Å²) in [6, 6.07) is 15.9. The van der Waals surface area contributed by atoms with Crippen LogP contribution in [0.3, 0.4) is 0 Å². The Morgan fingerprint density at radius 2 is 1.56 bits per heavy atom. The molecule has 0 saturated heterocycles. The average molecular weight is 630 g/mol. The molecule has 43 heavy (non-hydrogen) atoms. The van der Waals surface area contributed by atoms with E-state index in [2.05, 4.69) is 34.8 Å². The molecule has 0 radical (unpaired) electrons. The number of nitrogens with zero attached hydrogens (tertiary/aromatic N) is 5. The summed E-state index contributed by atoms with van der Waals surface area (Å²) in [6.45, 7) is 6.47. The highest BCUT2D eigenvalue weighted by molar-refractivity contribution is 7.92. The number of para-hydroxylation sites is 1. The first kappa shape index (κ1) is 31.9. The van der Waals surface area contributed by atoms with Crippen molar-refractivity contribution in [2.45, 2.75) is 31.8 Å². The number of halogens is 1. The number of benzene rings is 2. The molecule has 1 atom stereocenters. The van der Waals surface area contributed by atoms with Gasteiger partial charge in [-0.25, -0.2) is 22.1 Å². The van der Waals surface area contributed by atoms with Gasteiger partial charge in [0.2, 0.25) is 21.9 Å². The van der Waals surface area contributed by atoms with Gasteiger partial charge < -0.3 is 19.3 Å². The zero-order valence-electron chi connectivity index (χ0n) is 25.0. The monoisotopic (exact) mass is 629 g/mol. The molecule has 2 heterocycles. The quantitative estimate of drug-likeness (QED) is 0.209. The maximum atomic E-state index is 14.2. The van der Waals surface area contributed by atoms with Crippen molar-refractivity contribution in [2.75, 3.05) is 37.9 Å². The number of aromatic nitrogens is 4. The van der Waals surface area contributed by atoms with Crippen LogP contribution in [0.25, 0.3) is 17.2 Å². The van der Waals surface area contributed by atoms with E-state index in [-0.39, 0.29) is 23.9 Å². The van der Waals surface area contributed by atoms with Crippen molar-refractivity contribution < 1.29 is 32.1 Å². The van der Waals surface area contributed by atoms with E-state index in [1.807, 2.05) is 0 Å². The fourth-order valence-electron chi connectivity index (χ4n) is 4.39. The molecule has 1 N–H and O–H groups in total. The Morgan fingerprint density at radius 1 is 0.930 bits per heavy atom. The Kier molecular flexibility index (Phi) is 9.72. The standard InChI is InChI=1S/C29H36FN5O6SSi/c1-39-24-10-8-11-25(40-2)27(24)35-28(22-9-7-12-26(31-22)41-3)32-33-29(35)34(17-18-43(4,5)6)42(37,38)19-23(36)20-13-15-21(30)16-14-20/h7-16,23,36H,17-19H2,1-6H3/t23-/m0/s1. The molecule has 0 bridgehead atoms. The number of rotatable bonds is 13. The highest BCUT2D eigenvalue weighted by atomic mass is 32.2. The summed E-state index contributed by atoms with van der Waals surface area (Å²) in [4.78, 5) is 4.51. The van der Waals surface area contributed by atoms with Crippen LogP contribution in [0.4, 0.5) is 10.3 Å². The predicted octanol–water partition coefficient (Wildman–Crippen LogP) is 4.70. The van der Waals surface area contributed by atoms with Crippen LogP contribution < -0.4 is 18.5 Å². The van der Waals surface area contributed by atoms with Gasteiger partial charge in [-0.15, -0.1) is 10.2 Å². The van der Waals surface area contributed by atoms with Crippen LogP contribution in [0.5, 0.6) is 17.4 Å². The summed E-state index contributed by atoms with van der Waals surface area (Å²) < 4.78 is 61.2. The van der Waals surface area contributed by atoms with Crippen molar-refractivity contribution >= 4 is 24.0 Å². The number of hydrogen-bond donors (Lipinski definition) is 1. The molecular weight excluding hydrogens is 593 g/mol. The topological polar surface area (TPSA) is 129 Å². The first-order valence-corrected chi connectivity index (χ1v) is 18.8. The van der Waals surface area contributed by atoms with Crippen LogP contribution >= 0.6 is 0 Å². The normalized spacial score (nSPS) is 12.6. The van der Waals surface area contributed by atoms with Crippen LogP contribution in [-0.2, 0) is 10.0 Å². The van der Waals surface area contributed by atoms with Crippen LogP contribution in [0.15, 0.2) is 60.7 Å². The molecule has 14 heteroatoms. The average Bonchev–Trinajstić information content (AvgIpc) is 3.40.